The number of hydrogen-bond acceptors (Lipinski definition) is 2. The van der Waals surface area contributed by atoms with Crippen LogP contribution in [-0.4, -0.2) is 31.1 Å². The lowest BCUT2D eigenvalue weighted by molar-refractivity contribution is 0.250. The van der Waals surface area contributed by atoms with Crippen molar-refractivity contribution in [1.82, 2.24) is 4.90 Å². The summed E-state index contributed by atoms with van der Waals surface area (Å²) in [6.07, 6.45) is 0. The Bertz CT molecular complexity index is 638. The van der Waals surface area contributed by atoms with Crippen molar-refractivity contribution in [1.29, 1.82) is 0 Å². The topological polar surface area (TPSA) is 6.48 Å². The predicted octanol–water partition coefficient (Wildman–Crippen LogP) is 4.45. The lowest BCUT2D eigenvalue weighted by atomic mass is 10.2. The molecule has 22 heavy (non-hydrogen) atoms. The van der Waals surface area contributed by atoms with Gasteiger partial charge in [0.25, 0.3) is 0 Å². The fourth-order valence-corrected chi connectivity index (χ4v) is 2.99. The van der Waals surface area contributed by atoms with Crippen molar-refractivity contribution < 1.29 is 4.39 Å². The number of anilines is 1. The van der Waals surface area contributed by atoms with Crippen LogP contribution in [0.2, 0.25) is 10.0 Å². The standard InChI is InChI=1S/C17H17Cl2FN2/c18-16-6-5-15(11-17(16)19)22-9-7-21(8-10-22)12-13-1-3-14(20)4-2-13/h1-6,11H,7-10,12H2. The molecule has 2 nitrogen and oxygen atoms in total. The van der Waals surface area contributed by atoms with E-state index < -0.39 is 0 Å². The maximum absolute atomic E-state index is 12.9. The third kappa shape index (κ3) is 3.72. The first-order chi connectivity index (χ1) is 10.6. The summed E-state index contributed by atoms with van der Waals surface area (Å²) in [5.41, 5.74) is 2.25. The number of benzene rings is 2. The van der Waals surface area contributed by atoms with Crippen LogP contribution >= 0.6 is 23.2 Å². The molecule has 3 rings (SSSR count). The van der Waals surface area contributed by atoms with E-state index in [1.165, 1.54) is 12.1 Å². The average Bonchev–Trinajstić information content (AvgIpc) is 2.53. The first-order valence-corrected chi connectivity index (χ1v) is 8.04. The summed E-state index contributed by atoms with van der Waals surface area (Å²) in [5, 5.41) is 1.17. The largest absolute Gasteiger partial charge is 0.369 e. The van der Waals surface area contributed by atoms with Crippen LogP contribution < -0.4 is 4.90 Å². The normalized spacial score (nSPS) is 16.0. The lowest BCUT2D eigenvalue weighted by Gasteiger charge is -2.36. The van der Waals surface area contributed by atoms with Gasteiger partial charge in [0, 0.05) is 38.4 Å². The Morgan fingerprint density at radius 2 is 1.55 bits per heavy atom. The van der Waals surface area contributed by atoms with Crippen LogP contribution in [-0.2, 0) is 6.54 Å². The molecule has 5 heteroatoms. The number of rotatable bonds is 3. The monoisotopic (exact) mass is 338 g/mol. The molecular formula is C17H17Cl2FN2. The van der Waals surface area contributed by atoms with E-state index in [0.717, 1.165) is 44.0 Å². The second-order valence-corrected chi connectivity index (χ2v) is 6.30. The van der Waals surface area contributed by atoms with Gasteiger partial charge in [-0.05, 0) is 35.9 Å². The van der Waals surface area contributed by atoms with Crippen molar-refractivity contribution in [2.75, 3.05) is 31.1 Å². The lowest BCUT2D eigenvalue weighted by Crippen LogP contribution is -2.45. The van der Waals surface area contributed by atoms with Crippen molar-refractivity contribution >= 4 is 28.9 Å². The van der Waals surface area contributed by atoms with Crippen LogP contribution in [0.15, 0.2) is 42.5 Å². The highest BCUT2D eigenvalue weighted by Gasteiger charge is 2.17. The molecule has 1 fully saturated rings. The van der Waals surface area contributed by atoms with Crippen molar-refractivity contribution in [3.05, 3.63) is 63.9 Å². The molecule has 1 aliphatic rings. The minimum atomic E-state index is -0.187. The molecule has 0 aromatic heterocycles. The Hall–Kier alpha value is -1.29. The third-order valence-electron chi connectivity index (χ3n) is 3.96. The molecule has 0 bridgehead atoms. The minimum Gasteiger partial charge on any atom is -0.369 e. The summed E-state index contributed by atoms with van der Waals surface area (Å²) in [7, 11) is 0. The zero-order valence-electron chi connectivity index (χ0n) is 12.1. The van der Waals surface area contributed by atoms with Crippen LogP contribution in [0.5, 0.6) is 0 Å². The molecule has 1 aliphatic heterocycles. The third-order valence-corrected chi connectivity index (χ3v) is 4.70. The van der Waals surface area contributed by atoms with E-state index >= 15 is 0 Å². The molecule has 0 radical (unpaired) electrons. The summed E-state index contributed by atoms with van der Waals surface area (Å²) in [4.78, 5) is 4.69. The smallest absolute Gasteiger partial charge is 0.123 e. The van der Waals surface area contributed by atoms with Crippen LogP contribution in [0.1, 0.15) is 5.56 Å². The molecule has 0 amide bonds. The number of piperazine rings is 1. The molecule has 0 aliphatic carbocycles. The molecular weight excluding hydrogens is 322 g/mol. The zero-order chi connectivity index (χ0) is 15.5. The first-order valence-electron chi connectivity index (χ1n) is 7.28. The summed E-state index contributed by atoms with van der Waals surface area (Å²) in [5.74, 6) is -0.187. The van der Waals surface area contributed by atoms with Crippen molar-refractivity contribution in [3.8, 4) is 0 Å². The number of halogens is 3. The number of hydrogen-bond donors (Lipinski definition) is 0. The highest BCUT2D eigenvalue weighted by atomic mass is 35.5. The second kappa shape index (κ2) is 6.86. The summed E-state index contributed by atoms with van der Waals surface area (Å²) in [6, 6.07) is 12.5. The molecule has 0 atom stereocenters. The molecule has 0 unspecified atom stereocenters. The van der Waals surface area contributed by atoms with Gasteiger partial charge < -0.3 is 4.90 Å². The fraction of sp³-hybridized carbons (Fsp3) is 0.294. The zero-order valence-corrected chi connectivity index (χ0v) is 13.6. The molecule has 116 valence electrons. The first kappa shape index (κ1) is 15.6. The molecule has 0 saturated carbocycles. The summed E-state index contributed by atoms with van der Waals surface area (Å²) in [6.45, 7) is 4.68. The van der Waals surface area contributed by atoms with Gasteiger partial charge in [-0.25, -0.2) is 4.39 Å². The molecule has 0 spiro atoms. The minimum absolute atomic E-state index is 0.187. The van der Waals surface area contributed by atoms with Gasteiger partial charge >= 0.3 is 0 Å². The second-order valence-electron chi connectivity index (χ2n) is 5.49. The number of nitrogens with zero attached hydrogens (tertiary/aromatic N) is 2. The molecule has 1 saturated heterocycles. The molecule has 1 heterocycles. The van der Waals surface area contributed by atoms with E-state index in [1.54, 1.807) is 0 Å². The van der Waals surface area contributed by atoms with Crippen LogP contribution in [0, 0.1) is 5.82 Å². The van der Waals surface area contributed by atoms with Gasteiger partial charge in [-0.15, -0.1) is 0 Å². The van der Waals surface area contributed by atoms with E-state index in [2.05, 4.69) is 9.80 Å². The SMILES string of the molecule is Fc1ccc(CN2CCN(c3ccc(Cl)c(Cl)c3)CC2)cc1. The fourth-order valence-electron chi connectivity index (χ4n) is 2.69. The maximum Gasteiger partial charge on any atom is 0.123 e. The van der Waals surface area contributed by atoms with E-state index in [9.17, 15) is 4.39 Å². The Morgan fingerprint density at radius 1 is 0.864 bits per heavy atom. The Kier molecular flexibility index (Phi) is 4.87. The molecule has 2 aromatic rings. The highest BCUT2D eigenvalue weighted by molar-refractivity contribution is 6.42. The van der Waals surface area contributed by atoms with Gasteiger partial charge in [0.15, 0.2) is 0 Å². The maximum atomic E-state index is 12.9. The van der Waals surface area contributed by atoms with E-state index in [0.29, 0.717) is 10.0 Å². The van der Waals surface area contributed by atoms with E-state index in [4.69, 9.17) is 23.2 Å². The highest BCUT2D eigenvalue weighted by Crippen LogP contribution is 2.27. The van der Waals surface area contributed by atoms with Gasteiger partial charge in [-0.2, -0.15) is 0 Å². The van der Waals surface area contributed by atoms with Crippen molar-refractivity contribution in [3.63, 3.8) is 0 Å². The summed E-state index contributed by atoms with van der Waals surface area (Å²) >= 11 is 12.0. The van der Waals surface area contributed by atoms with Crippen LogP contribution in [0.4, 0.5) is 10.1 Å². The van der Waals surface area contributed by atoms with E-state index in [-0.39, 0.29) is 5.82 Å². The Labute approximate surface area is 140 Å². The molecule has 2 aromatic carbocycles. The van der Waals surface area contributed by atoms with Gasteiger partial charge in [-0.3, -0.25) is 4.90 Å². The van der Waals surface area contributed by atoms with Crippen molar-refractivity contribution in [2.45, 2.75) is 6.54 Å². The van der Waals surface area contributed by atoms with Gasteiger partial charge in [0.05, 0.1) is 10.0 Å². The summed E-state index contributed by atoms with van der Waals surface area (Å²) < 4.78 is 12.9. The van der Waals surface area contributed by atoms with Crippen LogP contribution in [0.3, 0.4) is 0 Å². The van der Waals surface area contributed by atoms with Crippen LogP contribution in [0.25, 0.3) is 0 Å². The molecule has 0 N–H and O–H groups in total. The van der Waals surface area contributed by atoms with Crippen molar-refractivity contribution in [2.24, 2.45) is 0 Å². The van der Waals surface area contributed by atoms with Gasteiger partial charge in [-0.1, -0.05) is 35.3 Å². The predicted molar refractivity (Wildman–Crippen MR) is 90.4 cm³/mol. The van der Waals surface area contributed by atoms with Gasteiger partial charge in [0.1, 0.15) is 5.82 Å². The van der Waals surface area contributed by atoms with E-state index in [1.807, 2.05) is 30.3 Å². The Morgan fingerprint density at radius 3 is 2.18 bits per heavy atom. The average molecular weight is 339 g/mol. The van der Waals surface area contributed by atoms with Gasteiger partial charge in [0.2, 0.25) is 0 Å². The Balaban J connectivity index is 1.57. The quantitative estimate of drug-likeness (QED) is 0.815.